The van der Waals surface area contributed by atoms with Crippen molar-refractivity contribution in [3.05, 3.63) is 41.2 Å². The largest absolute Gasteiger partial charge is 0.386 e. The van der Waals surface area contributed by atoms with Crippen LogP contribution in [0.15, 0.2) is 30.6 Å². The summed E-state index contributed by atoms with van der Waals surface area (Å²) in [7, 11) is 0. The Morgan fingerprint density at radius 2 is 2.53 bits per heavy atom. The lowest BCUT2D eigenvalue weighted by Gasteiger charge is -2.10. The van der Waals surface area contributed by atoms with Crippen LogP contribution in [-0.4, -0.2) is 25.3 Å². The maximum absolute atomic E-state index is 10.1. The minimum absolute atomic E-state index is 0.103. The van der Waals surface area contributed by atoms with Gasteiger partial charge in [-0.1, -0.05) is 29.8 Å². The van der Waals surface area contributed by atoms with Crippen LogP contribution < -0.4 is 0 Å². The van der Waals surface area contributed by atoms with Crippen LogP contribution in [0.2, 0.25) is 5.02 Å². The molecule has 1 atom stereocenters. The van der Waals surface area contributed by atoms with Crippen LogP contribution in [0.5, 0.6) is 0 Å². The molecular weight excluding hydrogens is 216 g/mol. The topological polar surface area (TPSA) is 63.8 Å². The van der Waals surface area contributed by atoms with Gasteiger partial charge in [-0.15, -0.1) is 10.2 Å². The van der Waals surface area contributed by atoms with Gasteiger partial charge in [0.25, 0.3) is 0 Å². The lowest BCUT2D eigenvalue weighted by Crippen LogP contribution is -2.11. The van der Waals surface area contributed by atoms with Gasteiger partial charge in [0.05, 0.1) is 10.6 Å². The van der Waals surface area contributed by atoms with Crippen LogP contribution in [0.25, 0.3) is 0 Å². The normalized spacial score (nSPS) is 16.5. The maximum Gasteiger partial charge on any atom is 0.162 e. The summed E-state index contributed by atoms with van der Waals surface area (Å²) in [5, 5.41) is 20.6. The van der Waals surface area contributed by atoms with Gasteiger partial charge in [0, 0.05) is 10.6 Å². The maximum atomic E-state index is 10.1. The summed E-state index contributed by atoms with van der Waals surface area (Å²) in [6.07, 6.45) is -0.544. The SMILES string of the molecule is [2H]c1ccc(Cl)c(C(O)C([2H])([2H])n2ncnn2)c1. The molecule has 1 aromatic carbocycles. The molecule has 0 saturated heterocycles. The van der Waals surface area contributed by atoms with Gasteiger partial charge in [-0.3, -0.25) is 0 Å². The molecule has 0 spiro atoms. The van der Waals surface area contributed by atoms with Gasteiger partial charge in [0.2, 0.25) is 0 Å². The molecule has 1 aromatic heterocycles. The van der Waals surface area contributed by atoms with Crippen molar-refractivity contribution in [1.29, 1.82) is 0 Å². The smallest absolute Gasteiger partial charge is 0.162 e. The van der Waals surface area contributed by atoms with Crippen LogP contribution in [0.1, 0.15) is 15.8 Å². The molecule has 0 aliphatic carbocycles. The third-order valence-electron chi connectivity index (χ3n) is 1.72. The summed E-state index contributed by atoms with van der Waals surface area (Å²) in [5.74, 6) is 0. The van der Waals surface area contributed by atoms with Crippen molar-refractivity contribution in [2.24, 2.45) is 0 Å². The second-order valence-electron chi connectivity index (χ2n) is 2.70. The first kappa shape index (κ1) is 6.92. The van der Waals surface area contributed by atoms with Crippen molar-refractivity contribution in [3.8, 4) is 0 Å². The van der Waals surface area contributed by atoms with E-state index in [0.29, 0.717) is 4.80 Å². The zero-order valence-electron chi connectivity index (χ0n) is 10.5. The minimum atomic E-state index is -2.31. The first-order valence-corrected chi connectivity index (χ1v) is 4.48. The molecule has 78 valence electrons. The molecule has 0 bridgehead atoms. The molecule has 2 rings (SSSR count). The molecule has 0 aliphatic heterocycles. The summed E-state index contributed by atoms with van der Waals surface area (Å²) in [6.45, 7) is -2.31. The van der Waals surface area contributed by atoms with Crippen molar-refractivity contribution in [2.75, 3.05) is 0 Å². The molecule has 2 aromatic rings. The van der Waals surface area contributed by atoms with E-state index in [1.54, 1.807) is 0 Å². The van der Waals surface area contributed by atoms with Crippen molar-refractivity contribution in [3.63, 3.8) is 0 Å². The van der Waals surface area contributed by atoms with Crippen molar-refractivity contribution >= 4 is 11.6 Å². The first-order chi connectivity index (χ1) is 8.43. The van der Waals surface area contributed by atoms with Gasteiger partial charge >= 0.3 is 0 Å². The highest BCUT2D eigenvalue weighted by atomic mass is 35.5. The fraction of sp³-hybridized carbons (Fsp3) is 0.222. The standard InChI is InChI=1S/C9H9ClN4O/c10-8-4-2-1-3-7(8)9(15)5-14-12-6-11-13-14/h1-4,6,9,15H,5H2/i1D,5D2. The average Bonchev–Trinajstić information content (AvgIpc) is 2.85. The van der Waals surface area contributed by atoms with E-state index in [0.717, 1.165) is 6.33 Å². The Labute approximate surface area is 95.5 Å². The predicted octanol–water partition coefficient (Wildman–Crippen LogP) is 1.06. The van der Waals surface area contributed by atoms with E-state index in [2.05, 4.69) is 15.4 Å². The number of rotatable bonds is 3. The van der Waals surface area contributed by atoms with Crippen LogP contribution in [0.4, 0.5) is 0 Å². The summed E-state index contributed by atoms with van der Waals surface area (Å²) < 4.78 is 23.0. The molecular formula is C9H9ClN4O. The summed E-state index contributed by atoms with van der Waals surface area (Å²) >= 11 is 5.88. The van der Waals surface area contributed by atoms with E-state index in [4.69, 9.17) is 15.7 Å². The van der Waals surface area contributed by atoms with Crippen molar-refractivity contribution < 1.29 is 9.22 Å². The van der Waals surface area contributed by atoms with Crippen LogP contribution in [-0.2, 0) is 6.50 Å². The molecule has 6 heteroatoms. The number of nitrogens with zero attached hydrogens (tertiary/aromatic N) is 4. The Kier molecular flexibility index (Phi) is 2.02. The Hall–Kier alpha value is -1.46. The number of hydrogen-bond donors (Lipinski definition) is 1. The second-order valence-corrected chi connectivity index (χ2v) is 3.11. The summed E-state index contributed by atoms with van der Waals surface area (Å²) in [6, 6.07) is 4.28. The van der Waals surface area contributed by atoms with Gasteiger partial charge in [-0.2, -0.15) is 4.80 Å². The van der Waals surface area contributed by atoms with E-state index in [1.165, 1.54) is 18.2 Å². The highest BCUT2D eigenvalue weighted by molar-refractivity contribution is 6.31. The third-order valence-corrected chi connectivity index (χ3v) is 2.07. The molecule has 0 radical (unpaired) electrons. The van der Waals surface area contributed by atoms with Crippen LogP contribution in [0.3, 0.4) is 0 Å². The van der Waals surface area contributed by atoms with E-state index < -0.39 is 12.6 Å². The van der Waals surface area contributed by atoms with Gasteiger partial charge in [-0.25, -0.2) is 0 Å². The highest BCUT2D eigenvalue weighted by Gasteiger charge is 2.12. The Morgan fingerprint density at radius 1 is 1.67 bits per heavy atom. The molecule has 1 N–H and O–H groups in total. The Morgan fingerprint density at radius 3 is 3.27 bits per heavy atom. The van der Waals surface area contributed by atoms with E-state index >= 15 is 0 Å². The summed E-state index contributed by atoms with van der Waals surface area (Å²) in [5.41, 5.74) is 0.103. The number of aliphatic hydroxyl groups is 1. The number of halogens is 1. The van der Waals surface area contributed by atoms with E-state index in [9.17, 15) is 5.11 Å². The Balaban J connectivity index is 2.42. The average molecular weight is 228 g/mol. The lowest BCUT2D eigenvalue weighted by atomic mass is 10.1. The zero-order chi connectivity index (χ0) is 13.3. The molecule has 0 aliphatic rings. The number of aromatic nitrogens is 4. The zero-order valence-corrected chi connectivity index (χ0v) is 8.26. The number of hydrogen-bond acceptors (Lipinski definition) is 4. The van der Waals surface area contributed by atoms with E-state index in [-0.39, 0.29) is 16.6 Å². The fourth-order valence-electron chi connectivity index (χ4n) is 1.04. The highest BCUT2D eigenvalue weighted by Crippen LogP contribution is 2.22. The first-order valence-electron chi connectivity index (χ1n) is 5.60. The van der Waals surface area contributed by atoms with Gasteiger partial charge in [0.1, 0.15) is 6.10 Å². The van der Waals surface area contributed by atoms with Crippen LogP contribution >= 0.6 is 11.6 Å². The van der Waals surface area contributed by atoms with E-state index in [1.807, 2.05) is 0 Å². The number of tetrazole rings is 1. The molecule has 0 saturated carbocycles. The lowest BCUT2D eigenvalue weighted by molar-refractivity contribution is 0.144. The number of benzene rings is 1. The van der Waals surface area contributed by atoms with Crippen LogP contribution in [0, 0.1) is 0 Å². The van der Waals surface area contributed by atoms with Gasteiger partial charge in [0.15, 0.2) is 6.33 Å². The fourth-order valence-corrected chi connectivity index (χ4v) is 1.26. The molecule has 5 nitrogen and oxygen atoms in total. The minimum Gasteiger partial charge on any atom is -0.386 e. The monoisotopic (exact) mass is 227 g/mol. The molecule has 0 amide bonds. The predicted molar refractivity (Wildman–Crippen MR) is 54.2 cm³/mol. The van der Waals surface area contributed by atoms with Gasteiger partial charge < -0.3 is 5.11 Å². The molecule has 0 fully saturated rings. The molecule has 15 heavy (non-hydrogen) atoms. The van der Waals surface area contributed by atoms with Crippen molar-refractivity contribution in [2.45, 2.75) is 12.6 Å². The number of aliphatic hydroxyl groups excluding tert-OH is 1. The van der Waals surface area contributed by atoms with Crippen molar-refractivity contribution in [1.82, 2.24) is 20.2 Å². The molecule has 1 heterocycles. The third kappa shape index (κ3) is 2.31. The summed E-state index contributed by atoms with van der Waals surface area (Å²) in [4.78, 5) is 0.657. The second kappa shape index (κ2) is 4.37. The van der Waals surface area contributed by atoms with Gasteiger partial charge in [-0.05, 0) is 11.3 Å². The Bertz CT molecular complexity index is 549. The quantitative estimate of drug-likeness (QED) is 0.852. The molecule has 1 unspecified atom stereocenters.